The van der Waals surface area contributed by atoms with Gasteiger partial charge < -0.3 is 14.8 Å². The number of nitrogens with zero attached hydrogens (tertiary/aromatic N) is 1. The second-order valence-electron chi connectivity index (χ2n) is 6.37. The third-order valence-electron chi connectivity index (χ3n) is 3.61. The molecule has 28 heavy (non-hydrogen) atoms. The van der Waals surface area contributed by atoms with Crippen molar-refractivity contribution in [2.24, 2.45) is 5.92 Å². The van der Waals surface area contributed by atoms with Crippen molar-refractivity contribution in [3.05, 3.63) is 56.5 Å². The smallest absolute Gasteiger partial charge is 0.266 e. The molecule has 5 nitrogen and oxygen atoms in total. The van der Waals surface area contributed by atoms with Crippen molar-refractivity contribution < 1.29 is 14.3 Å². The van der Waals surface area contributed by atoms with E-state index < -0.39 is 5.91 Å². The molecule has 0 atom stereocenters. The standard InChI is InChI=1S/C21H20Br2N2O3/c1-13(2)12-28-20-18(22)9-14(10-19(20)23)8-15(11-24)21(26)25-16-4-6-17(27-3)7-5-16/h4-10,13H,12H2,1-3H3,(H,25,26)/b15-8+. The van der Waals surface area contributed by atoms with E-state index in [1.807, 2.05) is 6.07 Å². The van der Waals surface area contributed by atoms with Gasteiger partial charge in [0.05, 0.1) is 22.7 Å². The summed E-state index contributed by atoms with van der Waals surface area (Å²) in [4.78, 5) is 12.4. The van der Waals surface area contributed by atoms with Crippen molar-refractivity contribution in [3.63, 3.8) is 0 Å². The van der Waals surface area contributed by atoms with Crippen LogP contribution in [-0.2, 0) is 4.79 Å². The van der Waals surface area contributed by atoms with Crippen LogP contribution in [0.25, 0.3) is 6.08 Å². The number of amides is 1. The number of hydrogen-bond acceptors (Lipinski definition) is 4. The molecular weight excluding hydrogens is 488 g/mol. The van der Waals surface area contributed by atoms with Gasteiger partial charge in [-0.3, -0.25) is 4.79 Å². The second-order valence-corrected chi connectivity index (χ2v) is 8.08. The number of ether oxygens (including phenoxy) is 2. The summed E-state index contributed by atoms with van der Waals surface area (Å²) in [5, 5.41) is 12.1. The molecule has 0 saturated carbocycles. The summed E-state index contributed by atoms with van der Waals surface area (Å²) in [5.41, 5.74) is 1.26. The maximum absolute atomic E-state index is 12.4. The Kier molecular flexibility index (Phi) is 8.09. The van der Waals surface area contributed by atoms with E-state index in [0.29, 0.717) is 35.3 Å². The highest BCUT2D eigenvalue weighted by Gasteiger charge is 2.13. The Hall–Kier alpha value is -2.30. The van der Waals surface area contributed by atoms with Gasteiger partial charge in [0.15, 0.2) is 0 Å². The fourth-order valence-corrected chi connectivity index (χ4v) is 3.69. The van der Waals surface area contributed by atoms with Gasteiger partial charge in [0.1, 0.15) is 23.1 Å². The number of hydrogen-bond donors (Lipinski definition) is 1. The third kappa shape index (κ3) is 6.11. The van der Waals surface area contributed by atoms with Crippen LogP contribution in [0, 0.1) is 17.2 Å². The molecule has 0 aliphatic carbocycles. The lowest BCUT2D eigenvalue weighted by Crippen LogP contribution is -2.13. The van der Waals surface area contributed by atoms with E-state index in [1.165, 1.54) is 6.08 Å². The first-order valence-electron chi connectivity index (χ1n) is 8.53. The van der Waals surface area contributed by atoms with Crippen LogP contribution < -0.4 is 14.8 Å². The highest BCUT2D eigenvalue weighted by atomic mass is 79.9. The molecule has 0 spiro atoms. The Morgan fingerprint density at radius 3 is 2.32 bits per heavy atom. The van der Waals surface area contributed by atoms with Crippen molar-refractivity contribution in [2.45, 2.75) is 13.8 Å². The monoisotopic (exact) mass is 506 g/mol. The highest BCUT2D eigenvalue weighted by molar-refractivity contribution is 9.11. The molecule has 1 amide bonds. The minimum atomic E-state index is -0.486. The number of rotatable bonds is 7. The van der Waals surface area contributed by atoms with Gasteiger partial charge >= 0.3 is 0 Å². The third-order valence-corrected chi connectivity index (χ3v) is 4.78. The summed E-state index contributed by atoms with van der Waals surface area (Å²) < 4.78 is 12.4. The molecule has 1 N–H and O–H groups in total. The zero-order valence-electron chi connectivity index (χ0n) is 15.8. The highest BCUT2D eigenvalue weighted by Crippen LogP contribution is 2.35. The van der Waals surface area contributed by atoms with Gasteiger partial charge in [0, 0.05) is 5.69 Å². The molecule has 7 heteroatoms. The molecule has 146 valence electrons. The second kappa shape index (κ2) is 10.3. The summed E-state index contributed by atoms with van der Waals surface area (Å²) in [6.07, 6.45) is 1.53. The van der Waals surface area contributed by atoms with E-state index in [0.717, 1.165) is 8.95 Å². The zero-order valence-corrected chi connectivity index (χ0v) is 18.9. The lowest BCUT2D eigenvalue weighted by Gasteiger charge is -2.13. The number of halogens is 2. The number of benzene rings is 2. The topological polar surface area (TPSA) is 71.3 Å². The number of carbonyl (C=O) groups is 1. The number of nitriles is 1. The van der Waals surface area contributed by atoms with Crippen LogP contribution in [0.3, 0.4) is 0 Å². The fraction of sp³-hybridized carbons (Fsp3) is 0.238. The molecule has 0 aliphatic heterocycles. The van der Waals surface area contributed by atoms with Crippen LogP contribution in [0.4, 0.5) is 5.69 Å². The Morgan fingerprint density at radius 1 is 1.21 bits per heavy atom. The fourth-order valence-electron chi connectivity index (χ4n) is 2.24. The van der Waals surface area contributed by atoms with Crippen molar-refractivity contribution in [2.75, 3.05) is 19.0 Å². The van der Waals surface area contributed by atoms with E-state index in [4.69, 9.17) is 9.47 Å². The quantitative estimate of drug-likeness (QED) is 0.379. The molecule has 0 fully saturated rings. The van der Waals surface area contributed by atoms with Gasteiger partial charge in [-0.25, -0.2) is 0 Å². The van der Waals surface area contributed by atoms with Crippen molar-refractivity contribution in [1.82, 2.24) is 0 Å². The van der Waals surface area contributed by atoms with Crippen molar-refractivity contribution in [3.8, 4) is 17.6 Å². The summed E-state index contributed by atoms with van der Waals surface area (Å²) in [5.74, 6) is 1.28. The van der Waals surface area contributed by atoms with E-state index >= 15 is 0 Å². The van der Waals surface area contributed by atoms with Gasteiger partial charge in [-0.15, -0.1) is 0 Å². The molecule has 0 saturated heterocycles. The average Bonchev–Trinajstić information content (AvgIpc) is 2.65. The number of anilines is 1. The first kappa shape index (κ1) is 22.0. The number of methoxy groups -OCH3 is 1. The molecule has 0 aliphatic rings. The molecule has 0 radical (unpaired) electrons. The molecule has 0 heterocycles. The van der Waals surface area contributed by atoms with E-state index in [1.54, 1.807) is 43.5 Å². The van der Waals surface area contributed by atoms with Gasteiger partial charge in [0.25, 0.3) is 5.91 Å². The van der Waals surface area contributed by atoms with Crippen molar-refractivity contribution >= 4 is 49.5 Å². The van der Waals surface area contributed by atoms with Crippen LogP contribution in [0.5, 0.6) is 11.5 Å². The maximum Gasteiger partial charge on any atom is 0.266 e. The average molecular weight is 508 g/mol. The number of nitrogens with one attached hydrogen (secondary N) is 1. The zero-order chi connectivity index (χ0) is 20.7. The van der Waals surface area contributed by atoms with E-state index in [-0.39, 0.29) is 5.57 Å². The largest absolute Gasteiger partial charge is 0.497 e. The Bertz CT molecular complexity index is 893. The van der Waals surface area contributed by atoms with Crippen LogP contribution in [-0.4, -0.2) is 19.6 Å². The summed E-state index contributed by atoms with van der Waals surface area (Å²) in [6, 6.07) is 12.4. The molecule has 2 rings (SSSR count). The predicted molar refractivity (Wildman–Crippen MR) is 117 cm³/mol. The van der Waals surface area contributed by atoms with Crippen LogP contribution in [0.1, 0.15) is 19.4 Å². The lowest BCUT2D eigenvalue weighted by atomic mass is 10.1. The number of carbonyl (C=O) groups excluding carboxylic acids is 1. The Balaban J connectivity index is 2.20. The predicted octanol–water partition coefficient (Wildman–Crippen LogP) is 5.80. The first-order valence-corrected chi connectivity index (χ1v) is 10.1. The lowest BCUT2D eigenvalue weighted by molar-refractivity contribution is -0.112. The van der Waals surface area contributed by atoms with Gasteiger partial charge in [0.2, 0.25) is 0 Å². The summed E-state index contributed by atoms with van der Waals surface area (Å²) >= 11 is 6.97. The Labute approximate surface area is 181 Å². The summed E-state index contributed by atoms with van der Waals surface area (Å²) in [7, 11) is 1.57. The molecule has 0 aromatic heterocycles. The molecule has 2 aromatic rings. The van der Waals surface area contributed by atoms with Crippen molar-refractivity contribution in [1.29, 1.82) is 5.26 Å². The SMILES string of the molecule is COc1ccc(NC(=O)/C(C#N)=C/c2cc(Br)c(OCC(C)C)c(Br)c2)cc1. The molecular formula is C21H20Br2N2O3. The van der Waals surface area contributed by atoms with Gasteiger partial charge in [-0.05, 0) is 85.8 Å². The first-order chi connectivity index (χ1) is 13.3. The van der Waals surface area contributed by atoms with Gasteiger partial charge in [-0.1, -0.05) is 13.8 Å². The molecule has 0 bridgehead atoms. The molecule has 2 aromatic carbocycles. The van der Waals surface area contributed by atoms with Crippen LogP contribution in [0.15, 0.2) is 50.9 Å². The van der Waals surface area contributed by atoms with Crippen LogP contribution >= 0.6 is 31.9 Å². The summed E-state index contributed by atoms with van der Waals surface area (Å²) in [6.45, 7) is 4.72. The Morgan fingerprint density at radius 2 is 1.82 bits per heavy atom. The normalized spacial score (nSPS) is 11.1. The van der Waals surface area contributed by atoms with Gasteiger partial charge in [-0.2, -0.15) is 5.26 Å². The van der Waals surface area contributed by atoms with E-state index in [2.05, 4.69) is 51.0 Å². The molecule has 0 unspecified atom stereocenters. The van der Waals surface area contributed by atoms with E-state index in [9.17, 15) is 10.1 Å². The van der Waals surface area contributed by atoms with Crippen LogP contribution in [0.2, 0.25) is 0 Å². The maximum atomic E-state index is 12.4. The minimum Gasteiger partial charge on any atom is -0.497 e. The minimum absolute atomic E-state index is 0.00883.